The smallest absolute Gasteiger partial charge is 0.329 e. The number of nitrogens with two attached hydrogens (primary N) is 1. The van der Waals surface area contributed by atoms with E-state index in [1.54, 1.807) is 39.0 Å². The fraction of sp³-hybridized carbons (Fsp3) is 0.520. The minimum absolute atomic E-state index is 0.00564. The molecule has 2 heterocycles. The van der Waals surface area contributed by atoms with Crippen LogP contribution in [0.15, 0.2) is 40.7 Å². The predicted molar refractivity (Wildman–Crippen MR) is 141 cm³/mol. The Labute approximate surface area is 220 Å². The zero-order chi connectivity index (χ0) is 27.4. The molecule has 0 aromatic rings. The van der Waals surface area contributed by atoms with Crippen molar-refractivity contribution in [2.24, 2.45) is 16.6 Å². The fourth-order valence-electron chi connectivity index (χ4n) is 3.40. The van der Waals surface area contributed by atoms with E-state index in [1.165, 1.54) is 17.8 Å². The van der Waals surface area contributed by atoms with E-state index in [4.69, 9.17) is 10.5 Å². The Morgan fingerprint density at radius 2 is 2.03 bits per heavy atom. The highest BCUT2D eigenvalue weighted by Crippen LogP contribution is 2.14. The quantitative estimate of drug-likeness (QED) is 0.162. The molecule has 2 atom stereocenters. The molecule has 12 heteroatoms. The van der Waals surface area contributed by atoms with Crippen LogP contribution in [-0.4, -0.2) is 65.5 Å². The van der Waals surface area contributed by atoms with Crippen molar-refractivity contribution in [2.75, 3.05) is 18.8 Å². The van der Waals surface area contributed by atoms with Gasteiger partial charge in [0.25, 0.3) is 11.8 Å². The third kappa shape index (κ3) is 9.96. The number of hydrogen-bond donors (Lipinski definition) is 4. The van der Waals surface area contributed by atoms with Gasteiger partial charge < -0.3 is 26.4 Å². The third-order valence-corrected chi connectivity index (χ3v) is 6.39. The van der Waals surface area contributed by atoms with Crippen molar-refractivity contribution in [3.05, 3.63) is 35.7 Å². The van der Waals surface area contributed by atoms with Crippen LogP contribution in [-0.2, 0) is 28.7 Å². The van der Waals surface area contributed by atoms with Crippen molar-refractivity contribution in [3.8, 4) is 0 Å². The summed E-state index contributed by atoms with van der Waals surface area (Å²) in [5.41, 5.74) is 6.09. The second kappa shape index (κ2) is 15.1. The second-order valence-corrected chi connectivity index (χ2v) is 9.91. The topological polar surface area (TPSA) is 169 Å². The predicted octanol–water partition coefficient (Wildman–Crippen LogP) is 0.862. The summed E-state index contributed by atoms with van der Waals surface area (Å²) in [6.45, 7) is 5.50. The van der Waals surface area contributed by atoms with Crippen LogP contribution in [0.4, 0.5) is 0 Å². The highest BCUT2D eigenvalue weighted by Gasteiger charge is 2.30. The van der Waals surface area contributed by atoms with Gasteiger partial charge in [-0.05, 0) is 31.4 Å². The van der Waals surface area contributed by atoms with Crippen LogP contribution in [0.2, 0.25) is 0 Å². The standard InChI is InChI=1S/C25H35N5O6S/c1-4-18-23(33)30-22(15(2)3)25(35)36-17(7-5-6-12-37-21(32)10-11-26)13-20(31)27-14-16-8-9-19(28-16)24(34)29-18/h4-5,7,9,15,17,22H,6,8,10-14,26H2,1-3H3,(H,27,31)(H,29,34)(H,30,33)/b7-5+,18-4-/t17-,22+/m1/s1. The molecule has 0 fully saturated rings. The van der Waals surface area contributed by atoms with Crippen LogP contribution in [0, 0.1) is 5.92 Å². The number of aliphatic imine (C=N–C) groups is 1. The van der Waals surface area contributed by atoms with Gasteiger partial charge in [-0.2, -0.15) is 0 Å². The first-order valence-electron chi connectivity index (χ1n) is 12.2. The molecule has 0 radical (unpaired) electrons. The molecule has 3 amide bonds. The minimum atomic E-state index is -1.02. The number of thioether (sulfide) groups is 1. The van der Waals surface area contributed by atoms with Crippen molar-refractivity contribution >= 4 is 46.3 Å². The third-order valence-electron chi connectivity index (χ3n) is 5.42. The van der Waals surface area contributed by atoms with Crippen molar-refractivity contribution in [1.82, 2.24) is 16.0 Å². The van der Waals surface area contributed by atoms with Crippen LogP contribution >= 0.6 is 11.8 Å². The highest BCUT2D eigenvalue weighted by atomic mass is 32.2. The molecule has 0 spiro atoms. The Morgan fingerprint density at radius 1 is 1.27 bits per heavy atom. The van der Waals surface area contributed by atoms with E-state index in [1.807, 2.05) is 0 Å². The zero-order valence-electron chi connectivity index (χ0n) is 21.4. The summed E-state index contributed by atoms with van der Waals surface area (Å²) in [7, 11) is 0. The van der Waals surface area contributed by atoms with Gasteiger partial charge in [0.1, 0.15) is 23.5 Å². The Balaban J connectivity index is 2.22. The van der Waals surface area contributed by atoms with Gasteiger partial charge in [-0.15, -0.1) is 0 Å². The second-order valence-electron chi connectivity index (χ2n) is 8.76. The Morgan fingerprint density at radius 3 is 2.70 bits per heavy atom. The lowest BCUT2D eigenvalue weighted by atomic mass is 10.0. The van der Waals surface area contributed by atoms with Gasteiger partial charge in [-0.3, -0.25) is 24.2 Å². The number of esters is 1. The average molecular weight is 534 g/mol. The monoisotopic (exact) mass is 533 g/mol. The molecule has 0 saturated carbocycles. The summed E-state index contributed by atoms with van der Waals surface area (Å²) in [5.74, 6) is -2.10. The summed E-state index contributed by atoms with van der Waals surface area (Å²) in [6.07, 6.45) is 6.59. The normalized spacial score (nSPS) is 22.9. The molecule has 0 aromatic carbocycles. The number of rotatable bonds is 7. The number of carbonyl (C=O) groups is 5. The lowest BCUT2D eigenvalue weighted by Gasteiger charge is -2.24. The van der Waals surface area contributed by atoms with E-state index < -0.39 is 29.9 Å². The molecular weight excluding hydrogens is 498 g/mol. The molecule has 11 nitrogen and oxygen atoms in total. The van der Waals surface area contributed by atoms with Crippen LogP contribution in [0.1, 0.15) is 46.5 Å². The number of nitrogens with one attached hydrogen (secondary N) is 3. The lowest BCUT2D eigenvalue weighted by Crippen LogP contribution is -2.48. The van der Waals surface area contributed by atoms with Gasteiger partial charge in [0, 0.05) is 30.9 Å². The van der Waals surface area contributed by atoms with Gasteiger partial charge >= 0.3 is 5.97 Å². The molecule has 37 heavy (non-hydrogen) atoms. The first-order valence-corrected chi connectivity index (χ1v) is 13.2. The molecule has 0 aliphatic carbocycles. The summed E-state index contributed by atoms with van der Waals surface area (Å²) in [5, 5.41) is 7.89. The summed E-state index contributed by atoms with van der Waals surface area (Å²) < 4.78 is 5.62. The van der Waals surface area contributed by atoms with Crippen molar-refractivity contribution in [3.63, 3.8) is 0 Å². The number of carbonyl (C=O) groups excluding carboxylic acids is 5. The largest absolute Gasteiger partial charge is 0.456 e. The van der Waals surface area contributed by atoms with Crippen LogP contribution in [0.5, 0.6) is 0 Å². The average Bonchev–Trinajstić information content (AvgIpc) is 3.32. The van der Waals surface area contributed by atoms with E-state index >= 15 is 0 Å². The number of allylic oxidation sites excluding steroid dienone is 3. The fourth-order valence-corrected chi connectivity index (χ4v) is 4.14. The van der Waals surface area contributed by atoms with Crippen LogP contribution in [0.3, 0.4) is 0 Å². The SMILES string of the molecule is C/C=C1\NC(=O)C2=CCC(=N2)CNC(=O)C[C@@H](/C=C/CCSC(=O)CCN)OC(=O)[C@H](C(C)C)NC1=O. The molecule has 2 aliphatic heterocycles. The number of fused-ring (bicyclic) bond motifs is 1. The first-order chi connectivity index (χ1) is 17.6. The number of hydrogen-bond acceptors (Lipinski definition) is 9. The Bertz CT molecular complexity index is 1020. The van der Waals surface area contributed by atoms with Crippen LogP contribution in [0.25, 0.3) is 0 Å². The van der Waals surface area contributed by atoms with Gasteiger partial charge in [0.05, 0.1) is 13.0 Å². The summed E-state index contributed by atoms with van der Waals surface area (Å²) in [6, 6.07) is -1.02. The lowest BCUT2D eigenvalue weighted by molar-refractivity contribution is -0.153. The van der Waals surface area contributed by atoms with Crippen molar-refractivity contribution < 1.29 is 28.7 Å². The maximum absolute atomic E-state index is 13.0. The zero-order valence-corrected chi connectivity index (χ0v) is 22.2. The van der Waals surface area contributed by atoms with E-state index in [-0.39, 0.29) is 41.3 Å². The van der Waals surface area contributed by atoms with Gasteiger partial charge in [-0.25, -0.2) is 4.79 Å². The molecular formula is C25H35N5O6S. The van der Waals surface area contributed by atoms with E-state index in [0.29, 0.717) is 37.3 Å². The van der Waals surface area contributed by atoms with Crippen LogP contribution < -0.4 is 21.7 Å². The van der Waals surface area contributed by atoms with Crippen molar-refractivity contribution in [1.29, 1.82) is 0 Å². The molecule has 2 aliphatic rings. The summed E-state index contributed by atoms with van der Waals surface area (Å²) >= 11 is 1.17. The highest BCUT2D eigenvalue weighted by molar-refractivity contribution is 8.13. The number of cyclic esters (lactones) is 1. The minimum Gasteiger partial charge on any atom is -0.456 e. The number of ether oxygens (including phenoxy) is 1. The molecule has 0 unspecified atom stereocenters. The van der Waals surface area contributed by atoms with Gasteiger partial charge in [0.15, 0.2) is 5.12 Å². The van der Waals surface area contributed by atoms with E-state index in [0.717, 1.165) is 0 Å². The molecule has 202 valence electrons. The molecule has 0 aromatic heterocycles. The first kappa shape index (κ1) is 30.0. The summed E-state index contributed by atoms with van der Waals surface area (Å²) in [4.78, 5) is 66.9. The number of nitrogens with zero attached hydrogens (tertiary/aromatic N) is 1. The van der Waals surface area contributed by atoms with E-state index in [2.05, 4.69) is 20.9 Å². The molecule has 5 N–H and O–H groups in total. The Kier molecular flexibility index (Phi) is 12.2. The van der Waals surface area contributed by atoms with Gasteiger partial charge in [0.2, 0.25) is 5.91 Å². The van der Waals surface area contributed by atoms with Crippen molar-refractivity contribution in [2.45, 2.75) is 58.6 Å². The molecule has 0 saturated heterocycles. The van der Waals surface area contributed by atoms with E-state index in [9.17, 15) is 24.0 Å². The molecule has 2 rings (SSSR count). The van der Waals surface area contributed by atoms with Gasteiger partial charge in [-0.1, -0.05) is 37.8 Å². The number of amides is 3. The maximum Gasteiger partial charge on any atom is 0.329 e. The Hall–Kier alpha value is -3.25. The maximum atomic E-state index is 13.0. The molecule has 2 bridgehead atoms.